The summed E-state index contributed by atoms with van der Waals surface area (Å²) in [6.45, 7) is 5.04. The third kappa shape index (κ3) is 7.04. The van der Waals surface area contributed by atoms with E-state index in [9.17, 15) is 9.59 Å². The van der Waals surface area contributed by atoms with Crippen molar-refractivity contribution in [2.75, 3.05) is 26.4 Å². The number of carbonyl (C=O) groups is 1. The molecule has 0 unspecified atom stereocenters. The predicted octanol–water partition coefficient (Wildman–Crippen LogP) is 4.32. The van der Waals surface area contributed by atoms with Crippen LogP contribution in [0, 0.1) is 12.8 Å². The molecule has 228 valence electrons. The summed E-state index contributed by atoms with van der Waals surface area (Å²) in [5, 5.41) is 6.96. The van der Waals surface area contributed by atoms with Crippen LogP contribution in [-0.4, -0.2) is 63.5 Å². The molecule has 1 aliphatic heterocycles. The highest BCUT2D eigenvalue weighted by Gasteiger charge is 2.26. The Labute approximate surface area is 261 Å². The smallest absolute Gasteiger partial charge is 0.333 e. The lowest BCUT2D eigenvalue weighted by molar-refractivity contribution is 0.0585. The van der Waals surface area contributed by atoms with Gasteiger partial charge >= 0.3 is 5.69 Å². The van der Waals surface area contributed by atoms with Crippen molar-refractivity contribution in [1.82, 2.24) is 29.7 Å². The van der Waals surface area contributed by atoms with Crippen molar-refractivity contribution in [2.45, 2.75) is 51.2 Å². The van der Waals surface area contributed by atoms with E-state index in [1.165, 1.54) is 0 Å². The zero-order valence-electron chi connectivity index (χ0n) is 24.0. The molecule has 10 nitrogen and oxygen atoms in total. The lowest BCUT2D eigenvalue weighted by Crippen LogP contribution is -2.44. The van der Waals surface area contributed by atoms with Crippen LogP contribution >= 0.6 is 24.0 Å². The Bertz CT molecular complexity index is 1610. The van der Waals surface area contributed by atoms with Gasteiger partial charge in [0.1, 0.15) is 6.61 Å². The largest absolute Gasteiger partial charge is 0.476 e. The van der Waals surface area contributed by atoms with Crippen LogP contribution in [0.5, 0.6) is 5.88 Å². The minimum Gasteiger partial charge on any atom is -0.476 e. The molecule has 1 amide bonds. The molecule has 3 aromatic heterocycles. The minimum atomic E-state index is -0.144. The molecule has 1 saturated heterocycles. The summed E-state index contributed by atoms with van der Waals surface area (Å²) in [7, 11) is 0. The van der Waals surface area contributed by atoms with Crippen LogP contribution in [-0.2, 0) is 11.3 Å². The third-order valence-electron chi connectivity index (χ3n) is 8.17. The van der Waals surface area contributed by atoms with Gasteiger partial charge in [-0.3, -0.25) is 18.9 Å². The molecule has 0 spiro atoms. The van der Waals surface area contributed by atoms with Gasteiger partial charge < -0.3 is 20.1 Å². The fraction of sp³-hybridized carbons (Fsp3) is 0.419. The molecule has 1 aromatic carbocycles. The minimum absolute atomic E-state index is 0. The van der Waals surface area contributed by atoms with Gasteiger partial charge in [-0.1, -0.05) is 23.7 Å². The number of rotatable bonds is 8. The average Bonchev–Trinajstić information content (AvgIpc) is 3.29. The van der Waals surface area contributed by atoms with E-state index >= 15 is 0 Å². The van der Waals surface area contributed by atoms with Gasteiger partial charge in [-0.2, -0.15) is 0 Å². The van der Waals surface area contributed by atoms with Gasteiger partial charge in [0.05, 0.1) is 58.5 Å². The Morgan fingerprint density at radius 3 is 2.63 bits per heavy atom. The van der Waals surface area contributed by atoms with Gasteiger partial charge in [0.25, 0.3) is 5.91 Å². The molecule has 2 N–H and O–H groups in total. The predicted molar refractivity (Wildman–Crippen MR) is 168 cm³/mol. The topological polar surface area (TPSA) is 112 Å². The number of para-hydroxylation sites is 2. The van der Waals surface area contributed by atoms with E-state index in [0.29, 0.717) is 60.1 Å². The number of benzene rings is 1. The first-order valence-electron chi connectivity index (χ1n) is 14.5. The zero-order chi connectivity index (χ0) is 29.1. The first kappa shape index (κ1) is 31.0. The number of hydrogen-bond acceptors (Lipinski definition) is 7. The number of aryl methyl sites for hydroxylation is 1. The molecular weight excluding hydrogens is 591 g/mol. The van der Waals surface area contributed by atoms with Crippen molar-refractivity contribution in [2.24, 2.45) is 5.92 Å². The van der Waals surface area contributed by atoms with Gasteiger partial charge in [-0.15, -0.1) is 12.4 Å². The van der Waals surface area contributed by atoms with Gasteiger partial charge in [0, 0.05) is 31.4 Å². The Morgan fingerprint density at radius 1 is 1.12 bits per heavy atom. The molecule has 4 aromatic rings. The maximum Gasteiger partial charge on any atom is 0.333 e. The molecule has 1 saturated carbocycles. The Kier molecular flexibility index (Phi) is 10.0. The van der Waals surface area contributed by atoms with E-state index in [4.69, 9.17) is 21.1 Å². The normalized spacial score (nSPS) is 20.4. The zero-order valence-corrected chi connectivity index (χ0v) is 25.6. The first-order valence-corrected chi connectivity index (χ1v) is 14.9. The average molecular weight is 628 g/mol. The molecule has 12 heteroatoms. The number of nitrogens with zero attached hydrogens (tertiary/aromatic N) is 4. The van der Waals surface area contributed by atoms with Crippen molar-refractivity contribution in [1.29, 1.82) is 0 Å². The molecule has 6 rings (SSSR count). The van der Waals surface area contributed by atoms with E-state index in [0.717, 1.165) is 43.3 Å². The molecule has 43 heavy (non-hydrogen) atoms. The number of fused-ring (bicyclic) bond motifs is 1. The van der Waals surface area contributed by atoms with Crippen molar-refractivity contribution in [3.63, 3.8) is 0 Å². The monoisotopic (exact) mass is 626 g/mol. The van der Waals surface area contributed by atoms with Crippen LogP contribution in [0.25, 0.3) is 16.7 Å². The van der Waals surface area contributed by atoms with Crippen LogP contribution in [0.1, 0.15) is 41.7 Å². The highest BCUT2D eigenvalue weighted by atomic mass is 35.5. The second kappa shape index (κ2) is 13.9. The van der Waals surface area contributed by atoms with Crippen LogP contribution in [0.4, 0.5) is 0 Å². The third-order valence-corrected chi connectivity index (χ3v) is 8.37. The van der Waals surface area contributed by atoms with E-state index in [-0.39, 0.29) is 36.1 Å². The fourth-order valence-corrected chi connectivity index (χ4v) is 6.04. The van der Waals surface area contributed by atoms with E-state index < -0.39 is 0 Å². The molecule has 2 aliphatic rings. The fourth-order valence-electron chi connectivity index (χ4n) is 5.89. The Hall–Kier alpha value is -3.44. The lowest BCUT2D eigenvalue weighted by atomic mass is 9.85. The molecular formula is C31H36Cl2N6O4. The van der Waals surface area contributed by atoms with Crippen molar-refractivity contribution in [3.05, 3.63) is 81.6 Å². The summed E-state index contributed by atoms with van der Waals surface area (Å²) in [4.78, 5) is 35.3. The lowest BCUT2D eigenvalue weighted by Gasteiger charge is -2.29. The summed E-state index contributed by atoms with van der Waals surface area (Å²) in [6.07, 6.45) is 6.76. The number of nitrogens with one attached hydrogen (secondary N) is 2. The molecule has 1 aliphatic carbocycles. The van der Waals surface area contributed by atoms with Crippen LogP contribution in [0.3, 0.4) is 0 Å². The molecule has 0 bridgehead atoms. The van der Waals surface area contributed by atoms with Crippen molar-refractivity contribution >= 4 is 40.9 Å². The second-order valence-corrected chi connectivity index (χ2v) is 11.5. The number of morpholine rings is 1. The summed E-state index contributed by atoms with van der Waals surface area (Å²) >= 11 is 6.05. The maximum absolute atomic E-state index is 13.8. The van der Waals surface area contributed by atoms with Crippen LogP contribution < -0.4 is 21.1 Å². The van der Waals surface area contributed by atoms with Crippen LogP contribution in [0.2, 0.25) is 5.02 Å². The summed E-state index contributed by atoms with van der Waals surface area (Å²) in [5.74, 6) is 0.694. The number of carbonyl (C=O) groups excluding carboxylic acids is 1. The van der Waals surface area contributed by atoms with Gasteiger partial charge in [0.2, 0.25) is 5.88 Å². The van der Waals surface area contributed by atoms with Crippen molar-refractivity contribution < 1.29 is 14.3 Å². The van der Waals surface area contributed by atoms with E-state index in [1.54, 1.807) is 36.0 Å². The highest BCUT2D eigenvalue weighted by molar-refractivity contribution is 6.30. The molecule has 4 heterocycles. The molecule has 0 radical (unpaired) electrons. The van der Waals surface area contributed by atoms with E-state index in [2.05, 4.69) is 20.6 Å². The first-order chi connectivity index (χ1) is 20.5. The second-order valence-electron chi connectivity index (χ2n) is 11.1. The highest BCUT2D eigenvalue weighted by Crippen LogP contribution is 2.28. The van der Waals surface area contributed by atoms with Gasteiger partial charge in [0.15, 0.2) is 0 Å². The Morgan fingerprint density at radius 2 is 1.91 bits per heavy atom. The van der Waals surface area contributed by atoms with Gasteiger partial charge in [-0.05, 0) is 62.8 Å². The number of aromatic nitrogens is 4. The SMILES string of the molecule is Cc1ncc(Cl)cc1C(=O)NC1CCC(Cn2c(=O)n(-c3ccc(OC[C@@H]4COCCN4)nc3)c3ccccc32)CC1.Cl. The van der Waals surface area contributed by atoms with Gasteiger partial charge in [-0.25, -0.2) is 9.78 Å². The summed E-state index contributed by atoms with van der Waals surface area (Å²) in [6, 6.07) is 13.4. The quantitative estimate of drug-likeness (QED) is 0.299. The summed E-state index contributed by atoms with van der Waals surface area (Å²) < 4.78 is 14.9. The summed E-state index contributed by atoms with van der Waals surface area (Å²) in [5.41, 5.74) is 3.51. The number of amides is 1. The molecule has 1 atom stereocenters. The number of pyridine rings is 2. The Balaban J connectivity index is 0.00000368. The number of halogens is 2. The maximum atomic E-state index is 13.8. The van der Waals surface area contributed by atoms with Crippen LogP contribution in [0.15, 0.2) is 59.7 Å². The standard InChI is InChI=1S/C31H35ClN6O4.ClH/c1-20-26(14-22(32)15-34-20)30(39)36-23-8-6-21(7-9-23)17-37-27-4-2-3-5-28(27)38(31(37)40)25-10-11-29(35-16-25)42-19-24-18-41-13-12-33-24;/h2-5,10-11,14-16,21,23-24,33H,6-9,12-13,17-19H2,1H3,(H,36,39);1H/t21?,23?,24-;/m0./s1. The number of hydrogen-bond donors (Lipinski definition) is 2. The van der Waals surface area contributed by atoms with E-state index in [1.807, 2.05) is 34.9 Å². The van der Waals surface area contributed by atoms with Crippen molar-refractivity contribution in [3.8, 4) is 11.6 Å². The number of ether oxygens (including phenoxy) is 2. The molecule has 2 fully saturated rings. The number of imidazole rings is 1.